The first-order valence-electron chi connectivity index (χ1n) is 8.99. The van der Waals surface area contributed by atoms with Gasteiger partial charge in [-0.25, -0.2) is 4.79 Å². The van der Waals surface area contributed by atoms with Gasteiger partial charge in [0, 0.05) is 5.41 Å². The first-order valence-corrected chi connectivity index (χ1v) is 8.99. The van der Waals surface area contributed by atoms with Crippen LogP contribution in [0.4, 0.5) is 0 Å². The molecule has 128 valence electrons. The summed E-state index contributed by atoms with van der Waals surface area (Å²) >= 11 is 0. The van der Waals surface area contributed by atoms with Crippen molar-refractivity contribution in [3.8, 4) is 5.75 Å². The fourth-order valence-corrected chi connectivity index (χ4v) is 5.76. The molecule has 4 aliphatic carbocycles. The second-order valence-electron chi connectivity index (χ2n) is 8.16. The lowest BCUT2D eigenvalue weighted by atomic mass is 9.48. The molecule has 4 saturated carbocycles. The Morgan fingerprint density at radius 1 is 1.12 bits per heavy atom. The van der Waals surface area contributed by atoms with E-state index < -0.39 is 12.1 Å². The maximum absolute atomic E-state index is 13.1. The molecule has 1 atom stereocenters. The molecule has 4 aliphatic rings. The molecular weight excluding hydrogens is 304 g/mol. The van der Waals surface area contributed by atoms with Crippen molar-refractivity contribution in [2.75, 3.05) is 0 Å². The normalized spacial score (nSPS) is 34.8. The fraction of sp³-hybridized carbons (Fsp3) is 0.600. The molecule has 4 heteroatoms. The number of carbonyl (C=O) groups is 2. The van der Waals surface area contributed by atoms with Crippen molar-refractivity contribution < 1.29 is 19.4 Å². The van der Waals surface area contributed by atoms with Crippen molar-refractivity contribution in [1.29, 1.82) is 0 Å². The van der Waals surface area contributed by atoms with E-state index in [4.69, 9.17) is 4.74 Å². The lowest BCUT2D eigenvalue weighted by Crippen LogP contribution is -2.52. The first-order chi connectivity index (χ1) is 11.4. The van der Waals surface area contributed by atoms with Gasteiger partial charge in [-0.05, 0) is 81.4 Å². The fourth-order valence-electron chi connectivity index (χ4n) is 5.76. The lowest BCUT2D eigenvalue weighted by Gasteiger charge is -2.56. The van der Waals surface area contributed by atoms with Crippen molar-refractivity contribution in [1.82, 2.24) is 0 Å². The zero-order valence-electron chi connectivity index (χ0n) is 14.0. The Balaban J connectivity index is 1.47. The van der Waals surface area contributed by atoms with Crippen LogP contribution in [0.1, 0.15) is 55.8 Å². The van der Waals surface area contributed by atoms with Crippen LogP contribution in [-0.4, -0.2) is 23.0 Å². The third-order valence-electron chi connectivity index (χ3n) is 6.30. The zero-order chi connectivity index (χ0) is 16.9. The standard InChI is InChI=1S/C20H24O4/c1-12(24-19(23)16-3-2-4-17(21)8-16)18(22)20-9-13-5-14(10-20)7-15(6-13)11-20/h2-4,8,12-15,21H,5-7,9-11H2,1H3. The highest BCUT2D eigenvalue weighted by atomic mass is 16.5. The number of ether oxygens (including phenoxy) is 1. The summed E-state index contributed by atoms with van der Waals surface area (Å²) < 4.78 is 5.44. The minimum atomic E-state index is -0.726. The topological polar surface area (TPSA) is 63.6 Å². The molecule has 0 saturated heterocycles. The van der Waals surface area contributed by atoms with Gasteiger partial charge in [0.1, 0.15) is 5.75 Å². The molecule has 24 heavy (non-hydrogen) atoms. The molecule has 0 aliphatic heterocycles. The summed E-state index contributed by atoms with van der Waals surface area (Å²) in [4.78, 5) is 25.4. The number of phenols is 1. The van der Waals surface area contributed by atoms with Gasteiger partial charge in [0.2, 0.25) is 0 Å². The van der Waals surface area contributed by atoms with Crippen LogP contribution in [0.15, 0.2) is 24.3 Å². The van der Waals surface area contributed by atoms with Crippen LogP contribution < -0.4 is 0 Å². The van der Waals surface area contributed by atoms with Crippen LogP contribution >= 0.6 is 0 Å². The number of phenolic OH excluding ortho intramolecular Hbond substituents is 1. The smallest absolute Gasteiger partial charge is 0.338 e. The molecule has 5 rings (SSSR count). The molecule has 0 aromatic heterocycles. The van der Waals surface area contributed by atoms with Crippen LogP contribution in [-0.2, 0) is 9.53 Å². The number of esters is 1. The summed E-state index contributed by atoms with van der Waals surface area (Å²) in [5, 5.41) is 9.48. The van der Waals surface area contributed by atoms with Crippen LogP contribution in [0, 0.1) is 23.2 Å². The highest BCUT2D eigenvalue weighted by molar-refractivity contribution is 5.95. The third-order valence-corrected chi connectivity index (χ3v) is 6.30. The van der Waals surface area contributed by atoms with E-state index in [1.54, 1.807) is 19.1 Å². The molecule has 0 amide bonds. The Morgan fingerprint density at radius 3 is 2.25 bits per heavy atom. The van der Waals surface area contributed by atoms with E-state index in [0.717, 1.165) is 19.3 Å². The summed E-state index contributed by atoms with van der Waals surface area (Å²) in [7, 11) is 0. The molecule has 1 unspecified atom stereocenters. The maximum Gasteiger partial charge on any atom is 0.338 e. The quantitative estimate of drug-likeness (QED) is 0.856. The highest BCUT2D eigenvalue weighted by Gasteiger charge is 2.55. The van der Waals surface area contributed by atoms with E-state index in [0.29, 0.717) is 17.8 Å². The summed E-state index contributed by atoms with van der Waals surface area (Å²) in [5.74, 6) is 1.65. The molecule has 4 bridgehead atoms. The van der Waals surface area contributed by atoms with Crippen molar-refractivity contribution >= 4 is 11.8 Å². The van der Waals surface area contributed by atoms with Gasteiger partial charge in [-0.1, -0.05) is 6.07 Å². The van der Waals surface area contributed by atoms with Gasteiger partial charge in [0.25, 0.3) is 0 Å². The van der Waals surface area contributed by atoms with E-state index in [9.17, 15) is 14.7 Å². The lowest BCUT2D eigenvalue weighted by molar-refractivity contribution is -0.152. The van der Waals surface area contributed by atoms with Crippen molar-refractivity contribution in [3.05, 3.63) is 29.8 Å². The van der Waals surface area contributed by atoms with Crippen LogP contribution in [0.5, 0.6) is 5.75 Å². The first kappa shape index (κ1) is 15.7. The molecule has 4 nitrogen and oxygen atoms in total. The number of benzene rings is 1. The van der Waals surface area contributed by atoms with E-state index in [1.807, 2.05) is 0 Å². The van der Waals surface area contributed by atoms with Crippen molar-refractivity contribution in [3.63, 3.8) is 0 Å². The van der Waals surface area contributed by atoms with Gasteiger partial charge in [0.15, 0.2) is 11.9 Å². The number of carbonyl (C=O) groups excluding carboxylic acids is 2. The van der Waals surface area contributed by atoms with Gasteiger partial charge >= 0.3 is 5.97 Å². The van der Waals surface area contributed by atoms with E-state index in [-0.39, 0.29) is 22.5 Å². The van der Waals surface area contributed by atoms with Gasteiger partial charge in [-0.2, -0.15) is 0 Å². The Bertz CT molecular complexity index is 643. The number of rotatable bonds is 4. The van der Waals surface area contributed by atoms with Gasteiger partial charge < -0.3 is 9.84 Å². The Labute approximate surface area is 142 Å². The largest absolute Gasteiger partial charge is 0.508 e. The molecule has 4 fully saturated rings. The molecule has 0 radical (unpaired) electrons. The Morgan fingerprint density at radius 2 is 1.71 bits per heavy atom. The summed E-state index contributed by atoms with van der Waals surface area (Å²) in [6, 6.07) is 6.05. The number of aromatic hydroxyl groups is 1. The van der Waals surface area contributed by atoms with E-state index in [1.165, 1.54) is 31.4 Å². The Hall–Kier alpha value is -1.84. The Kier molecular flexibility index (Phi) is 3.66. The zero-order valence-corrected chi connectivity index (χ0v) is 14.0. The SMILES string of the molecule is CC(OC(=O)c1cccc(O)c1)C(=O)C12CC3CC(CC(C3)C1)C2. The molecule has 1 N–H and O–H groups in total. The number of Topliss-reactive ketones (excluding diaryl/α,β-unsaturated/α-hetero) is 1. The van der Waals surface area contributed by atoms with Crippen LogP contribution in [0.25, 0.3) is 0 Å². The van der Waals surface area contributed by atoms with Gasteiger partial charge in [0.05, 0.1) is 5.56 Å². The van der Waals surface area contributed by atoms with E-state index >= 15 is 0 Å². The monoisotopic (exact) mass is 328 g/mol. The van der Waals surface area contributed by atoms with Gasteiger partial charge in [-0.3, -0.25) is 4.79 Å². The molecule has 1 aromatic carbocycles. The molecule has 1 aromatic rings. The number of ketones is 1. The second-order valence-corrected chi connectivity index (χ2v) is 8.16. The highest BCUT2D eigenvalue weighted by Crippen LogP contribution is 2.60. The summed E-state index contributed by atoms with van der Waals surface area (Å²) in [6.45, 7) is 1.70. The van der Waals surface area contributed by atoms with Crippen LogP contribution in [0.3, 0.4) is 0 Å². The molecule has 0 spiro atoms. The van der Waals surface area contributed by atoms with Gasteiger partial charge in [-0.15, -0.1) is 0 Å². The summed E-state index contributed by atoms with van der Waals surface area (Å²) in [5.41, 5.74) is 0.0213. The maximum atomic E-state index is 13.1. The minimum absolute atomic E-state index is 0.0181. The summed E-state index contributed by atoms with van der Waals surface area (Å²) in [6.07, 6.45) is 6.05. The predicted molar refractivity (Wildman–Crippen MR) is 88.6 cm³/mol. The van der Waals surface area contributed by atoms with Crippen LogP contribution in [0.2, 0.25) is 0 Å². The van der Waals surface area contributed by atoms with Crippen molar-refractivity contribution in [2.24, 2.45) is 23.2 Å². The number of hydrogen-bond donors (Lipinski definition) is 1. The molecular formula is C20H24O4. The average molecular weight is 328 g/mol. The molecule has 0 heterocycles. The average Bonchev–Trinajstić information content (AvgIpc) is 2.52. The van der Waals surface area contributed by atoms with E-state index in [2.05, 4.69) is 0 Å². The third kappa shape index (κ3) is 2.62. The number of hydrogen-bond acceptors (Lipinski definition) is 4. The minimum Gasteiger partial charge on any atom is -0.508 e. The van der Waals surface area contributed by atoms with Crippen molar-refractivity contribution in [2.45, 2.75) is 51.6 Å². The predicted octanol–water partition coefficient (Wildman–Crippen LogP) is 3.72. The second kappa shape index (κ2) is 5.61.